The second-order valence-corrected chi connectivity index (χ2v) is 3.62. The van der Waals surface area contributed by atoms with E-state index in [-0.39, 0.29) is 0 Å². The minimum Gasteiger partial charge on any atom is -0.102 e. The number of allylic oxidation sites excluding steroid dienone is 1. The summed E-state index contributed by atoms with van der Waals surface area (Å²) < 4.78 is 1.17. The van der Waals surface area contributed by atoms with E-state index in [1.54, 1.807) is 0 Å². The van der Waals surface area contributed by atoms with Crippen LogP contribution in [0.25, 0.3) is 0 Å². The van der Waals surface area contributed by atoms with Crippen molar-refractivity contribution in [3.63, 3.8) is 0 Å². The van der Waals surface area contributed by atoms with Crippen LogP contribution in [0.2, 0.25) is 0 Å². The zero-order valence-electron chi connectivity index (χ0n) is 7.39. The van der Waals surface area contributed by atoms with Crippen LogP contribution in [0.1, 0.15) is 18.1 Å². The van der Waals surface area contributed by atoms with Crippen molar-refractivity contribution >= 4 is 15.9 Å². The van der Waals surface area contributed by atoms with Gasteiger partial charge in [-0.3, -0.25) is 0 Å². The van der Waals surface area contributed by atoms with E-state index >= 15 is 0 Å². The highest BCUT2D eigenvalue weighted by Crippen LogP contribution is 2.27. The van der Waals surface area contributed by atoms with Gasteiger partial charge in [-0.05, 0) is 18.1 Å². The van der Waals surface area contributed by atoms with Crippen LogP contribution >= 0.6 is 15.9 Å². The standard InChI is InChI=1S/C11H12Br/c1-4-8(2)10-7-5-6-9(3)11(10)12/h4-7H,1H2,2-3H3. The summed E-state index contributed by atoms with van der Waals surface area (Å²) in [7, 11) is 0. The molecule has 0 aliphatic heterocycles. The molecule has 1 aromatic carbocycles. The Bertz CT molecular complexity index is 289. The summed E-state index contributed by atoms with van der Waals surface area (Å²) in [4.78, 5) is 0. The van der Waals surface area contributed by atoms with Gasteiger partial charge in [0.1, 0.15) is 0 Å². The molecule has 1 radical (unpaired) electrons. The van der Waals surface area contributed by atoms with Crippen LogP contribution in [0.5, 0.6) is 0 Å². The molecule has 63 valence electrons. The minimum atomic E-state index is 1.17. The van der Waals surface area contributed by atoms with Crippen LogP contribution in [-0.4, -0.2) is 0 Å². The quantitative estimate of drug-likeness (QED) is 0.714. The Labute approximate surface area is 82.4 Å². The van der Waals surface area contributed by atoms with Crippen LogP contribution in [0.4, 0.5) is 0 Å². The zero-order valence-corrected chi connectivity index (χ0v) is 8.98. The van der Waals surface area contributed by atoms with Gasteiger partial charge in [-0.1, -0.05) is 47.1 Å². The molecule has 1 rings (SSSR count). The molecule has 0 heterocycles. The number of rotatable bonds is 2. The number of hydrogen-bond acceptors (Lipinski definition) is 0. The van der Waals surface area contributed by atoms with E-state index in [0.29, 0.717) is 0 Å². The minimum absolute atomic E-state index is 1.17. The lowest BCUT2D eigenvalue weighted by Gasteiger charge is -2.09. The Morgan fingerprint density at radius 2 is 2.17 bits per heavy atom. The van der Waals surface area contributed by atoms with E-state index in [9.17, 15) is 0 Å². The number of benzene rings is 1. The third-order valence-corrected chi connectivity index (χ3v) is 2.98. The maximum atomic E-state index is 3.75. The molecular weight excluding hydrogens is 212 g/mol. The predicted molar refractivity (Wildman–Crippen MR) is 57.1 cm³/mol. The van der Waals surface area contributed by atoms with E-state index < -0.39 is 0 Å². The van der Waals surface area contributed by atoms with Crippen molar-refractivity contribution in [2.45, 2.75) is 13.8 Å². The van der Waals surface area contributed by atoms with Gasteiger partial charge < -0.3 is 0 Å². The van der Waals surface area contributed by atoms with Crippen LogP contribution in [0, 0.1) is 12.8 Å². The van der Waals surface area contributed by atoms with E-state index in [2.05, 4.69) is 54.6 Å². The highest BCUT2D eigenvalue weighted by molar-refractivity contribution is 9.10. The lowest BCUT2D eigenvalue weighted by Crippen LogP contribution is -1.92. The summed E-state index contributed by atoms with van der Waals surface area (Å²) in [5.41, 5.74) is 2.48. The summed E-state index contributed by atoms with van der Waals surface area (Å²) in [5.74, 6) is 1.20. The first-order chi connectivity index (χ1) is 5.66. The fourth-order valence-electron chi connectivity index (χ4n) is 1.06. The summed E-state index contributed by atoms with van der Waals surface area (Å²) in [6, 6.07) is 6.24. The Morgan fingerprint density at radius 1 is 1.50 bits per heavy atom. The maximum absolute atomic E-state index is 3.75. The fourth-order valence-corrected chi connectivity index (χ4v) is 1.64. The molecule has 0 amide bonds. The predicted octanol–water partition coefficient (Wildman–Crippen LogP) is 3.89. The highest BCUT2D eigenvalue weighted by Gasteiger charge is 2.06. The van der Waals surface area contributed by atoms with Gasteiger partial charge in [0.25, 0.3) is 0 Å². The summed E-state index contributed by atoms with van der Waals surface area (Å²) >= 11 is 3.55. The fraction of sp³-hybridized carbons (Fsp3) is 0.182. The van der Waals surface area contributed by atoms with Gasteiger partial charge >= 0.3 is 0 Å². The van der Waals surface area contributed by atoms with Crippen molar-refractivity contribution in [3.8, 4) is 0 Å². The molecule has 0 unspecified atom stereocenters. The van der Waals surface area contributed by atoms with Gasteiger partial charge in [-0.2, -0.15) is 0 Å². The molecule has 12 heavy (non-hydrogen) atoms. The van der Waals surface area contributed by atoms with Crippen molar-refractivity contribution in [3.05, 3.63) is 52.4 Å². The van der Waals surface area contributed by atoms with Gasteiger partial charge in [0.15, 0.2) is 0 Å². The molecule has 0 spiro atoms. The second-order valence-electron chi connectivity index (χ2n) is 2.82. The number of halogens is 1. The van der Waals surface area contributed by atoms with E-state index in [1.807, 2.05) is 6.08 Å². The van der Waals surface area contributed by atoms with Gasteiger partial charge in [0.2, 0.25) is 0 Å². The van der Waals surface area contributed by atoms with Crippen LogP contribution in [0.15, 0.2) is 35.3 Å². The lowest BCUT2D eigenvalue weighted by atomic mass is 10.00. The third kappa shape index (κ3) is 1.78. The number of hydrogen-bond donors (Lipinski definition) is 0. The topological polar surface area (TPSA) is 0 Å². The smallest absolute Gasteiger partial charge is 0.0245 e. The van der Waals surface area contributed by atoms with Crippen molar-refractivity contribution in [2.24, 2.45) is 0 Å². The van der Waals surface area contributed by atoms with Gasteiger partial charge in [0, 0.05) is 10.4 Å². The van der Waals surface area contributed by atoms with E-state index in [1.165, 1.54) is 21.5 Å². The van der Waals surface area contributed by atoms with Crippen molar-refractivity contribution < 1.29 is 0 Å². The average Bonchev–Trinajstić information content (AvgIpc) is 2.08. The Kier molecular flexibility index (Phi) is 3.10. The second kappa shape index (κ2) is 3.90. The molecule has 0 bridgehead atoms. The Hall–Kier alpha value is -0.560. The van der Waals surface area contributed by atoms with Crippen molar-refractivity contribution in [1.82, 2.24) is 0 Å². The first-order valence-electron chi connectivity index (χ1n) is 3.88. The molecule has 0 fully saturated rings. The maximum Gasteiger partial charge on any atom is 0.0245 e. The Morgan fingerprint density at radius 3 is 2.75 bits per heavy atom. The van der Waals surface area contributed by atoms with Crippen molar-refractivity contribution in [1.29, 1.82) is 0 Å². The Balaban J connectivity index is 3.15. The summed E-state index contributed by atoms with van der Waals surface area (Å²) in [5, 5.41) is 0. The summed E-state index contributed by atoms with van der Waals surface area (Å²) in [6.45, 7) is 7.90. The lowest BCUT2D eigenvalue weighted by molar-refractivity contribution is 1.22. The molecule has 0 aromatic heterocycles. The van der Waals surface area contributed by atoms with Gasteiger partial charge in [-0.25, -0.2) is 0 Å². The zero-order chi connectivity index (χ0) is 9.14. The molecular formula is C11H12Br. The molecule has 0 aliphatic carbocycles. The van der Waals surface area contributed by atoms with Crippen LogP contribution in [-0.2, 0) is 0 Å². The number of aryl methyl sites for hydroxylation is 1. The summed E-state index contributed by atoms with van der Waals surface area (Å²) in [6.07, 6.45) is 1.87. The molecule has 0 saturated heterocycles. The monoisotopic (exact) mass is 223 g/mol. The molecule has 0 aliphatic rings. The van der Waals surface area contributed by atoms with E-state index in [4.69, 9.17) is 0 Å². The molecule has 0 atom stereocenters. The first-order valence-corrected chi connectivity index (χ1v) is 4.67. The molecule has 0 N–H and O–H groups in total. The molecule has 0 nitrogen and oxygen atoms in total. The first kappa shape index (κ1) is 9.53. The van der Waals surface area contributed by atoms with Crippen LogP contribution < -0.4 is 0 Å². The SMILES string of the molecule is C=C[C](C)c1cccc(C)c1Br. The van der Waals surface area contributed by atoms with Gasteiger partial charge in [0.05, 0.1) is 0 Å². The molecule has 0 saturated carbocycles. The average molecular weight is 224 g/mol. The third-order valence-electron chi connectivity index (χ3n) is 1.92. The molecule has 1 aromatic rings. The largest absolute Gasteiger partial charge is 0.102 e. The van der Waals surface area contributed by atoms with E-state index in [0.717, 1.165) is 0 Å². The van der Waals surface area contributed by atoms with Gasteiger partial charge in [-0.15, -0.1) is 6.58 Å². The molecule has 1 heteroatoms. The van der Waals surface area contributed by atoms with Crippen LogP contribution in [0.3, 0.4) is 0 Å². The van der Waals surface area contributed by atoms with Crippen molar-refractivity contribution in [2.75, 3.05) is 0 Å². The normalized spacial score (nSPS) is 10.3. The highest BCUT2D eigenvalue weighted by atomic mass is 79.9.